The van der Waals surface area contributed by atoms with Gasteiger partial charge in [0.05, 0.1) is 6.61 Å². The Morgan fingerprint density at radius 3 is 2.61 bits per heavy atom. The van der Waals surface area contributed by atoms with E-state index in [1.807, 2.05) is 0 Å². The molecule has 0 saturated heterocycles. The summed E-state index contributed by atoms with van der Waals surface area (Å²) in [6.45, 7) is 15.3. The predicted molar refractivity (Wildman–Crippen MR) is 77.9 cm³/mol. The zero-order valence-electron chi connectivity index (χ0n) is 12.6. The van der Waals surface area contributed by atoms with Gasteiger partial charge in [-0.1, -0.05) is 6.58 Å². The van der Waals surface area contributed by atoms with Crippen molar-refractivity contribution >= 4 is 0 Å². The van der Waals surface area contributed by atoms with Gasteiger partial charge in [-0.3, -0.25) is 0 Å². The van der Waals surface area contributed by atoms with E-state index in [-0.39, 0.29) is 5.54 Å². The van der Waals surface area contributed by atoms with E-state index in [0.717, 1.165) is 38.8 Å². The molecule has 0 aromatic rings. The molecule has 1 saturated carbocycles. The van der Waals surface area contributed by atoms with E-state index >= 15 is 0 Å². The average Bonchev–Trinajstić information content (AvgIpc) is 3.04. The van der Waals surface area contributed by atoms with Crippen LogP contribution in [0.3, 0.4) is 0 Å². The Morgan fingerprint density at radius 1 is 1.39 bits per heavy atom. The molecule has 0 aliphatic heterocycles. The van der Waals surface area contributed by atoms with Crippen molar-refractivity contribution in [3.05, 3.63) is 12.2 Å². The van der Waals surface area contributed by atoms with Crippen LogP contribution in [0.25, 0.3) is 0 Å². The summed E-state index contributed by atoms with van der Waals surface area (Å²) in [6, 6.07) is 0. The summed E-state index contributed by atoms with van der Waals surface area (Å²) in [7, 11) is 2.13. The maximum atomic E-state index is 5.64. The summed E-state index contributed by atoms with van der Waals surface area (Å²) < 4.78 is 5.64. The van der Waals surface area contributed by atoms with E-state index in [0.29, 0.717) is 0 Å². The molecule has 0 spiro atoms. The lowest BCUT2D eigenvalue weighted by Crippen LogP contribution is -2.38. The molecule has 0 aromatic heterocycles. The van der Waals surface area contributed by atoms with Crippen LogP contribution in [0.5, 0.6) is 0 Å². The van der Waals surface area contributed by atoms with E-state index in [1.54, 1.807) is 0 Å². The molecule has 1 fully saturated rings. The summed E-state index contributed by atoms with van der Waals surface area (Å²) in [4.78, 5) is 2.28. The molecule has 0 radical (unpaired) electrons. The van der Waals surface area contributed by atoms with Crippen molar-refractivity contribution in [1.82, 2.24) is 10.2 Å². The summed E-state index contributed by atoms with van der Waals surface area (Å²) >= 11 is 0. The lowest BCUT2D eigenvalue weighted by Gasteiger charge is -2.23. The minimum atomic E-state index is 0.162. The van der Waals surface area contributed by atoms with Crippen LogP contribution < -0.4 is 5.32 Å². The van der Waals surface area contributed by atoms with Crippen LogP contribution in [-0.2, 0) is 4.74 Å². The number of rotatable bonds is 9. The van der Waals surface area contributed by atoms with Crippen molar-refractivity contribution in [3.63, 3.8) is 0 Å². The Labute approximate surface area is 113 Å². The first-order chi connectivity index (χ1) is 8.37. The fraction of sp³-hybridized carbons (Fsp3) is 0.867. The van der Waals surface area contributed by atoms with Crippen LogP contribution in [0.2, 0.25) is 0 Å². The van der Waals surface area contributed by atoms with Crippen LogP contribution in [-0.4, -0.2) is 50.3 Å². The lowest BCUT2D eigenvalue weighted by molar-refractivity contribution is 0.105. The zero-order valence-corrected chi connectivity index (χ0v) is 12.6. The fourth-order valence-electron chi connectivity index (χ4n) is 1.66. The van der Waals surface area contributed by atoms with E-state index < -0.39 is 0 Å². The van der Waals surface area contributed by atoms with Crippen molar-refractivity contribution in [2.75, 3.05) is 39.9 Å². The summed E-state index contributed by atoms with van der Waals surface area (Å²) in [5.74, 6) is 0.862. The van der Waals surface area contributed by atoms with Crippen LogP contribution in [0.15, 0.2) is 12.2 Å². The minimum absolute atomic E-state index is 0.162. The second-order valence-electron chi connectivity index (χ2n) is 6.61. The zero-order chi connectivity index (χ0) is 13.6. The molecule has 1 aliphatic rings. The second-order valence-corrected chi connectivity index (χ2v) is 6.61. The molecule has 3 nitrogen and oxygen atoms in total. The molecule has 106 valence electrons. The summed E-state index contributed by atoms with van der Waals surface area (Å²) in [6.07, 6.45) is 2.73. The lowest BCUT2D eigenvalue weighted by atomic mass is 10.1. The SMILES string of the molecule is C=C(CNC(C)(C)C)CN(C)CCOCC1CC1. The number of nitrogens with one attached hydrogen (secondary N) is 1. The van der Waals surface area contributed by atoms with Crippen LogP contribution in [0, 0.1) is 5.92 Å². The normalized spacial score (nSPS) is 16.3. The first kappa shape index (κ1) is 15.7. The third kappa shape index (κ3) is 8.67. The van der Waals surface area contributed by atoms with Crippen molar-refractivity contribution in [1.29, 1.82) is 0 Å². The molecular weight excluding hydrogens is 224 g/mol. The van der Waals surface area contributed by atoms with E-state index in [1.165, 1.54) is 18.4 Å². The number of nitrogens with zero attached hydrogens (tertiary/aromatic N) is 1. The molecule has 0 unspecified atom stereocenters. The Balaban J connectivity index is 1.99. The second kappa shape index (κ2) is 7.27. The van der Waals surface area contributed by atoms with Crippen molar-refractivity contribution < 1.29 is 4.74 Å². The molecule has 1 N–H and O–H groups in total. The minimum Gasteiger partial charge on any atom is -0.380 e. The van der Waals surface area contributed by atoms with Crippen molar-refractivity contribution in [3.8, 4) is 0 Å². The van der Waals surface area contributed by atoms with Gasteiger partial charge in [0.15, 0.2) is 0 Å². The number of hydrogen-bond acceptors (Lipinski definition) is 3. The van der Waals surface area contributed by atoms with E-state index in [4.69, 9.17) is 4.74 Å². The third-order valence-electron chi connectivity index (χ3n) is 3.03. The Bertz CT molecular complexity index is 254. The van der Waals surface area contributed by atoms with Gasteiger partial charge in [-0.25, -0.2) is 0 Å². The predicted octanol–water partition coefficient (Wildman–Crippen LogP) is 2.29. The highest BCUT2D eigenvalue weighted by molar-refractivity contribution is 5.00. The van der Waals surface area contributed by atoms with Crippen molar-refractivity contribution in [2.24, 2.45) is 5.92 Å². The van der Waals surface area contributed by atoms with Gasteiger partial charge in [0.25, 0.3) is 0 Å². The van der Waals surface area contributed by atoms with Gasteiger partial charge in [-0.05, 0) is 52.2 Å². The Hall–Kier alpha value is -0.380. The first-order valence-electron chi connectivity index (χ1n) is 7.05. The highest BCUT2D eigenvalue weighted by Gasteiger charge is 2.20. The highest BCUT2D eigenvalue weighted by Crippen LogP contribution is 2.28. The molecule has 0 aromatic carbocycles. The smallest absolute Gasteiger partial charge is 0.0593 e. The molecule has 0 bridgehead atoms. The molecule has 1 rings (SSSR count). The average molecular weight is 254 g/mol. The Kier molecular flexibility index (Phi) is 6.33. The van der Waals surface area contributed by atoms with Crippen LogP contribution in [0.4, 0.5) is 0 Å². The molecular formula is C15H30N2O. The van der Waals surface area contributed by atoms with Crippen LogP contribution in [0.1, 0.15) is 33.6 Å². The van der Waals surface area contributed by atoms with E-state index in [2.05, 4.69) is 44.6 Å². The monoisotopic (exact) mass is 254 g/mol. The van der Waals surface area contributed by atoms with Gasteiger partial charge >= 0.3 is 0 Å². The molecule has 1 aliphatic carbocycles. The van der Waals surface area contributed by atoms with Crippen LogP contribution >= 0.6 is 0 Å². The quantitative estimate of drug-likeness (QED) is 0.505. The fourth-order valence-corrected chi connectivity index (χ4v) is 1.66. The number of ether oxygens (including phenoxy) is 1. The maximum absolute atomic E-state index is 5.64. The van der Waals surface area contributed by atoms with Gasteiger partial charge in [-0.2, -0.15) is 0 Å². The highest BCUT2D eigenvalue weighted by atomic mass is 16.5. The summed E-state index contributed by atoms with van der Waals surface area (Å²) in [5.41, 5.74) is 1.39. The molecule has 0 amide bonds. The molecule has 0 heterocycles. The summed E-state index contributed by atoms with van der Waals surface area (Å²) in [5, 5.41) is 3.46. The largest absolute Gasteiger partial charge is 0.380 e. The van der Waals surface area contributed by atoms with Gasteiger partial charge in [0, 0.05) is 31.8 Å². The Morgan fingerprint density at radius 2 is 2.06 bits per heavy atom. The van der Waals surface area contributed by atoms with E-state index in [9.17, 15) is 0 Å². The number of likely N-dealkylation sites (N-methyl/N-ethyl adjacent to an activating group) is 1. The molecule has 18 heavy (non-hydrogen) atoms. The van der Waals surface area contributed by atoms with Crippen molar-refractivity contribution in [2.45, 2.75) is 39.2 Å². The molecule has 0 atom stereocenters. The first-order valence-corrected chi connectivity index (χ1v) is 7.05. The number of hydrogen-bond donors (Lipinski definition) is 1. The standard InChI is InChI=1S/C15H30N2O/c1-13(10-16-15(2,3)4)11-17(5)8-9-18-12-14-6-7-14/h14,16H,1,6-12H2,2-5H3. The third-order valence-corrected chi connectivity index (χ3v) is 3.03. The van der Waals surface area contributed by atoms with Gasteiger partial charge < -0.3 is 15.0 Å². The maximum Gasteiger partial charge on any atom is 0.0593 e. The van der Waals surface area contributed by atoms with Gasteiger partial charge in [0.2, 0.25) is 0 Å². The van der Waals surface area contributed by atoms with Gasteiger partial charge in [0.1, 0.15) is 0 Å². The molecule has 3 heteroatoms. The topological polar surface area (TPSA) is 24.5 Å². The van der Waals surface area contributed by atoms with Gasteiger partial charge in [-0.15, -0.1) is 0 Å².